The first-order valence-electron chi connectivity index (χ1n) is 5.25. The molecule has 1 rings (SSSR count). The third-order valence-electron chi connectivity index (χ3n) is 2.08. The lowest BCUT2D eigenvalue weighted by Gasteiger charge is -2.07. The average molecular weight is 305 g/mol. The Morgan fingerprint density at radius 2 is 2.25 bits per heavy atom. The van der Waals surface area contributed by atoms with Gasteiger partial charge in [0, 0.05) is 12.7 Å². The third-order valence-corrected chi connectivity index (χ3v) is 3.36. The fraction of sp³-hybridized carbons (Fsp3) is 0.600. The van der Waals surface area contributed by atoms with E-state index in [1.807, 2.05) is 11.8 Å². The first-order chi connectivity index (χ1) is 7.74. The molecule has 0 saturated carbocycles. The molecule has 0 spiro atoms. The van der Waals surface area contributed by atoms with Crippen molar-refractivity contribution in [3.05, 3.63) is 10.7 Å². The molecule has 0 fully saturated rings. The van der Waals surface area contributed by atoms with E-state index < -0.39 is 0 Å². The van der Waals surface area contributed by atoms with Crippen LogP contribution in [-0.2, 0) is 0 Å². The summed E-state index contributed by atoms with van der Waals surface area (Å²) in [5.74, 6) is 2.31. The maximum Gasteiger partial charge on any atom is 0.221 e. The van der Waals surface area contributed by atoms with E-state index in [9.17, 15) is 0 Å². The zero-order valence-corrected chi connectivity index (χ0v) is 11.8. The van der Waals surface area contributed by atoms with Gasteiger partial charge in [-0.2, -0.15) is 16.7 Å². The second kappa shape index (κ2) is 7.73. The van der Waals surface area contributed by atoms with Crippen molar-refractivity contribution in [1.82, 2.24) is 9.97 Å². The van der Waals surface area contributed by atoms with Crippen LogP contribution in [0.3, 0.4) is 0 Å². The minimum absolute atomic E-state index is 0.299. The smallest absolute Gasteiger partial charge is 0.221 e. The summed E-state index contributed by atoms with van der Waals surface area (Å²) in [6.07, 6.45) is 7.47. The fourth-order valence-electron chi connectivity index (χ4n) is 1.26. The van der Waals surface area contributed by atoms with Crippen LogP contribution < -0.4 is 11.1 Å². The van der Waals surface area contributed by atoms with Gasteiger partial charge in [0.25, 0.3) is 0 Å². The Morgan fingerprint density at radius 1 is 1.44 bits per heavy atom. The summed E-state index contributed by atoms with van der Waals surface area (Å²) in [5.41, 5.74) is 5.51. The van der Waals surface area contributed by atoms with Gasteiger partial charge in [0.05, 0.1) is 4.47 Å². The van der Waals surface area contributed by atoms with Crippen molar-refractivity contribution in [3.8, 4) is 0 Å². The van der Waals surface area contributed by atoms with Gasteiger partial charge in [-0.3, -0.25) is 0 Å². The number of hydrogen-bond acceptors (Lipinski definition) is 5. The van der Waals surface area contributed by atoms with Crippen LogP contribution >= 0.6 is 27.7 Å². The summed E-state index contributed by atoms with van der Waals surface area (Å²) in [4.78, 5) is 8.00. The van der Waals surface area contributed by atoms with Crippen molar-refractivity contribution in [2.45, 2.75) is 19.3 Å². The van der Waals surface area contributed by atoms with Crippen LogP contribution in [0.25, 0.3) is 0 Å². The normalized spacial score (nSPS) is 10.4. The highest BCUT2D eigenvalue weighted by Crippen LogP contribution is 2.19. The summed E-state index contributed by atoms with van der Waals surface area (Å²) in [6, 6.07) is 0. The highest BCUT2D eigenvalue weighted by atomic mass is 79.9. The van der Waals surface area contributed by atoms with Crippen LogP contribution in [0.1, 0.15) is 19.3 Å². The van der Waals surface area contributed by atoms with Crippen molar-refractivity contribution in [2.24, 2.45) is 0 Å². The number of nitrogens with zero attached hydrogens (tertiary/aromatic N) is 2. The second-order valence-corrected chi connectivity index (χ2v) is 5.24. The minimum atomic E-state index is 0.299. The Bertz CT molecular complexity index is 322. The standard InChI is InChI=1S/C10H17BrN4S/c1-16-6-4-2-3-5-13-9-8(11)7-14-10(12)15-9/h7H,2-6H2,1H3,(H3,12,13,14,15). The van der Waals surface area contributed by atoms with E-state index in [-0.39, 0.29) is 0 Å². The molecule has 16 heavy (non-hydrogen) atoms. The molecule has 0 bridgehead atoms. The van der Waals surface area contributed by atoms with Crippen LogP contribution in [0.4, 0.5) is 11.8 Å². The van der Waals surface area contributed by atoms with Gasteiger partial charge in [-0.25, -0.2) is 4.98 Å². The van der Waals surface area contributed by atoms with E-state index in [0.29, 0.717) is 5.95 Å². The van der Waals surface area contributed by atoms with Crippen molar-refractivity contribution < 1.29 is 0 Å². The number of nitrogen functional groups attached to an aromatic ring is 1. The number of unbranched alkanes of at least 4 members (excludes halogenated alkanes) is 2. The number of rotatable bonds is 7. The molecule has 6 heteroatoms. The molecule has 1 aromatic rings. The van der Waals surface area contributed by atoms with Crippen LogP contribution in [0.2, 0.25) is 0 Å². The maximum absolute atomic E-state index is 5.51. The number of hydrogen-bond donors (Lipinski definition) is 2. The topological polar surface area (TPSA) is 63.8 Å². The lowest BCUT2D eigenvalue weighted by molar-refractivity contribution is 0.748. The Labute approximate surface area is 109 Å². The molecule has 0 atom stereocenters. The first kappa shape index (κ1) is 13.6. The summed E-state index contributed by atoms with van der Waals surface area (Å²) in [6.45, 7) is 0.920. The molecular weight excluding hydrogens is 288 g/mol. The van der Waals surface area contributed by atoms with Gasteiger partial charge in [-0.1, -0.05) is 6.42 Å². The number of nitrogens with one attached hydrogen (secondary N) is 1. The molecule has 3 N–H and O–H groups in total. The van der Waals surface area contributed by atoms with E-state index in [2.05, 4.69) is 37.5 Å². The first-order valence-corrected chi connectivity index (χ1v) is 7.43. The van der Waals surface area contributed by atoms with Crippen molar-refractivity contribution in [2.75, 3.05) is 29.6 Å². The molecule has 0 aliphatic rings. The van der Waals surface area contributed by atoms with Crippen LogP contribution in [-0.4, -0.2) is 28.5 Å². The molecule has 0 aromatic carbocycles. The van der Waals surface area contributed by atoms with Gasteiger partial charge < -0.3 is 11.1 Å². The predicted octanol–water partition coefficient (Wildman–Crippen LogP) is 2.77. The highest BCUT2D eigenvalue weighted by Gasteiger charge is 2.01. The Balaban J connectivity index is 2.23. The lowest BCUT2D eigenvalue weighted by Crippen LogP contribution is -2.06. The highest BCUT2D eigenvalue weighted by molar-refractivity contribution is 9.10. The third kappa shape index (κ3) is 5.03. The van der Waals surface area contributed by atoms with Crippen LogP contribution in [0.5, 0.6) is 0 Å². The lowest BCUT2D eigenvalue weighted by atomic mass is 10.2. The monoisotopic (exact) mass is 304 g/mol. The summed E-state index contributed by atoms with van der Waals surface area (Å²) >= 11 is 5.27. The molecule has 0 unspecified atom stereocenters. The number of anilines is 2. The molecule has 0 aliphatic heterocycles. The van der Waals surface area contributed by atoms with Gasteiger partial charge in [0.1, 0.15) is 5.82 Å². The molecule has 90 valence electrons. The molecule has 1 aromatic heterocycles. The zero-order chi connectivity index (χ0) is 11.8. The summed E-state index contributed by atoms with van der Waals surface area (Å²) in [7, 11) is 0. The van der Waals surface area contributed by atoms with Crippen LogP contribution in [0.15, 0.2) is 10.7 Å². The molecule has 0 saturated heterocycles. The Hall–Kier alpha value is -0.490. The molecule has 1 heterocycles. The Kier molecular flexibility index (Phi) is 6.56. The van der Waals surface area contributed by atoms with Gasteiger partial charge in [-0.05, 0) is 40.8 Å². The molecular formula is C10H17BrN4S. The minimum Gasteiger partial charge on any atom is -0.369 e. The van der Waals surface area contributed by atoms with Crippen molar-refractivity contribution in [3.63, 3.8) is 0 Å². The van der Waals surface area contributed by atoms with Gasteiger partial charge in [-0.15, -0.1) is 0 Å². The molecule has 0 radical (unpaired) electrons. The van der Waals surface area contributed by atoms with E-state index in [1.165, 1.54) is 18.6 Å². The number of thioether (sulfide) groups is 1. The number of nitrogens with two attached hydrogens (primary N) is 1. The van der Waals surface area contributed by atoms with Crippen molar-refractivity contribution >= 4 is 39.5 Å². The number of aromatic nitrogens is 2. The van der Waals surface area contributed by atoms with E-state index in [0.717, 1.165) is 23.3 Å². The zero-order valence-electron chi connectivity index (χ0n) is 9.37. The van der Waals surface area contributed by atoms with E-state index in [4.69, 9.17) is 5.73 Å². The maximum atomic E-state index is 5.51. The second-order valence-electron chi connectivity index (χ2n) is 3.40. The molecule has 4 nitrogen and oxygen atoms in total. The van der Waals surface area contributed by atoms with Crippen molar-refractivity contribution in [1.29, 1.82) is 0 Å². The average Bonchev–Trinajstić information content (AvgIpc) is 2.28. The summed E-state index contributed by atoms with van der Waals surface area (Å²) < 4.78 is 0.853. The quantitative estimate of drug-likeness (QED) is 0.758. The number of halogens is 1. The fourth-order valence-corrected chi connectivity index (χ4v) is 2.08. The van der Waals surface area contributed by atoms with Crippen LogP contribution in [0, 0.1) is 0 Å². The van der Waals surface area contributed by atoms with E-state index >= 15 is 0 Å². The largest absolute Gasteiger partial charge is 0.369 e. The van der Waals surface area contributed by atoms with Gasteiger partial charge in [0.2, 0.25) is 5.95 Å². The predicted molar refractivity (Wildman–Crippen MR) is 74.9 cm³/mol. The Morgan fingerprint density at radius 3 is 3.00 bits per heavy atom. The van der Waals surface area contributed by atoms with Gasteiger partial charge in [0.15, 0.2) is 0 Å². The molecule has 0 aliphatic carbocycles. The molecule has 0 amide bonds. The van der Waals surface area contributed by atoms with Gasteiger partial charge >= 0.3 is 0 Å². The SMILES string of the molecule is CSCCCCCNc1nc(N)ncc1Br. The van der Waals surface area contributed by atoms with E-state index in [1.54, 1.807) is 6.20 Å². The summed E-state index contributed by atoms with van der Waals surface area (Å²) in [5, 5.41) is 3.25.